The van der Waals surface area contributed by atoms with Gasteiger partial charge >= 0.3 is 0 Å². The molecule has 0 atom stereocenters. The van der Waals surface area contributed by atoms with Gasteiger partial charge in [-0.05, 0) is 55.6 Å². The van der Waals surface area contributed by atoms with Crippen molar-refractivity contribution in [3.8, 4) is 11.5 Å². The van der Waals surface area contributed by atoms with Crippen LogP contribution in [0.1, 0.15) is 41.7 Å². The number of amides is 1. The van der Waals surface area contributed by atoms with Crippen molar-refractivity contribution >= 4 is 11.5 Å². The van der Waals surface area contributed by atoms with E-state index in [9.17, 15) is 4.79 Å². The van der Waals surface area contributed by atoms with Gasteiger partial charge in [0, 0.05) is 38.1 Å². The van der Waals surface area contributed by atoms with Gasteiger partial charge in [-0.2, -0.15) is 0 Å². The van der Waals surface area contributed by atoms with Crippen LogP contribution >= 0.6 is 0 Å². The first-order valence-corrected chi connectivity index (χ1v) is 10.9. The van der Waals surface area contributed by atoms with E-state index in [1.165, 1.54) is 5.57 Å². The maximum absolute atomic E-state index is 12.8. The van der Waals surface area contributed by atoms with Crippen LogP contribution in [-0.2, 0) is 0 Å². The Labute approximate surface area is 183 Å². The molecule has 0 saturated carbocycles. The van der Waals surface area contributed by atoms with Gasteiger partial charge in [-0.25, -0.2) is 0 Å². The van der Waals surface area contributed by atoms with Gasteiger partial charge in [0.1, 0.15) is 17.8 Å². The molecule has 4 rings (SSSR count). The lowest BCUT2D eigenvalue weighted by Gasteiger charge is -2.26. The van der Waals surface area contributed by atoms with Crippen molar-refractivity contribution in [2.45, 2.75) is 25.7 Å². The van der Waals surface area contributed by atoms with Crippen LogP contribution in [0.5, 0.6) is 11.5 Å². The molecule has 0 aliphatic carbocycles. The second-order valence-electron chi connectivity index (χ2n) is 7.82. The van der Waals surface area contributed by atoms with E-state index in [2.05, 4.69) is 22.0 Å². The number of hydrogen-bond donors (Lipinski definition) is 0. The topological polar surface area (TPSA) is 54.9 Å². The van der Waals surface area contributed by atoms with E-state index in [0.717, 1.165) is 51.0 Å². The van der Waals surface area contributed by atoms with Crippen LogP contribution in [0.4, 0.5) is 0 Å². The zero-order chi connectivity index (χ0) is 21.5. The molecule has 2 aromatic rings. The molecule has 162 valence electrons. The number of carbonyl (C=O) groups excluding carboxylic acids is 1. The van der Waals surface area contributed by atoms with Gasteiger partial charge < -0.3 is 14.4 Å². The average molecular weight is 420 g/mol. The summed E-state index contributed by atoms with van der Waals surface area (Å²) in [5, 5.41) is 0. The maximum Gasteiger partial charge on any atom is 0.261 e. The van der Waals surface area contributed by atoms with Crippen LogP contribution in [0.2, 0.25) is 0 Å². The van der Waals surface area contributed by atoms with Crippen LogP contribution in [0.25, 0.3) is 5.57 Å². The number of nitrogens with zero attached hydrogens (tertiary/aromatic N) is 3. The first-order valence-electron chi connectivity index (χ1n) is 10.9. The van der Waals surface area contributed by atoms with Gasteiger partial charge in [-0.15, -0.1) is 0 Å². The van der Waals surface area contributed by atoms with Gasteiger partial charge in [-0.3, -0.25) is 14.7 Å². The van der Waals surface area contributed by atoms with Crippen LogP contribution in [-0.4, -0.2) is 54.0 Å². The number of benzene rings is 1. The zero-order valence-corrected chi connectivity index (χ0v) is 18.0. The Bertz CT molecular complexity index is 956. The van der Waals surface area contributed by atoms with Crippen molar-refractivity contribution in [1.82, 2.24) is 14.8 Å². The highest BCUT2D eigenvalue weighted by Gasteiger charge is 2.21. The summed E-state index contributed by atoms with van der Waals surface area (Å²) < 4.78 is 10.8. The largest absolute Gasteiger partial charge is 0.497 e. The molecular weight excluding hydrogens is 390 g/mol. The Balaban J connectivity index is 1.20. The summed E-state index contributed by atoms with van der Waals surface area (Å²) in [4.78, 5) is 21.5. The molecule has 6 heteroatoms. The molecule has 3 heterocycles. The smallest absolute Gasteiger partial charge is 0.261 e. The molecule has 6 nitrogen and oxygen atoms in total. The Kier molecular flexibility index (Phi) is 6.99. The molecule has 0 unspecified atom stereocenters. The molecule has 2 aliphatic rings. The molecule has 2 aliphatic heterocycles. The fourth-order valence-corrected chi connectivity index (χ4v) is 3.97. The summed E-state index contributed by atoms with van der Waals surface area (Å²) in [6.45, 7) is 3.83. The van der Waals surface area contributed by atoms with Gasteiger partial charge in [0.2, 0.25) is 0 Å². The number of ether oxygens (including phenoxy) is 2. The van der Waals surface area contributed by atoms with Gasteiger partial charge in [-0.1, -0.05) is 18.6 Å². The first-order chi connectivity index (χ1) is 15.2. The summed E-state index contributed by atoms with van der Waals surface area (Å²) >= 11 is 0. The van der Waals surface area contributed by atoms with E-state index in [0.29, 0.717) is 23.6 Å². The molecule has 0 N–H and O–H groups in total. The number of hydrogen-bond acceptors (Lipinski definition) is 5. The minimum absolute atomic E-state index is 0.0328. The predicted molar refractivity (Wildman–Crippen MR) is 121 cm³/mol. The fourth-order valence-electron chi connectivity index (χ4n) is 3.97. The van der Waals surface area contributed by atoms with Crippen molar-refractivity contribution in [3.05, 3.63) is 72.4 Å². The number of methoxy groups -OCH3 is 1. The van der Waals surface area contributed by atoms with Gasteiger partial charge in [0.25, 0.3) is 5.91 Å². The molecule has 1 aromatic carbocycles. The van der Waals surface area contributed by atoms with Crippen molar-refractivity contribution in [3.63, 3.8) is 0 Å². The Hall–Kier alpha value is -3.12. The summed E-state index contributed by atoms with van der Waals surface area (Å²) in [5.74, 6) is 1.18. The summed E-state index contributed by atoms with van der Waals surface area (Å²) in [7, 11) is 1.60. The Morgan fingerprint density at radius 2 is 2.03 bits per heavy atom. The minimum atomic E-state index is -0.0328. The number of unbranched alkanes of at least 4 members (excludes halogenated alkanes) is 2. The molecule has 0 bridgehead atoms. The third kappa shape index (κ3) is 5.33. The van der Waals surface area contributed by atoms with Crippen LogP contribution in [0.3, 0.4) is 0 Å². The normalized spacial score (nSPS) is 16.4. The molecule has 0 radical (unpaired) electrons. The molecule has 1 aromatic heterocycles. The van der Waals surface area contributed by atoms with Crippen molar-refractivity contribution in [2.75, 3.05) is 33.3 Å². The fraction of sp³-hybridized carbons (Fsp3) is 0.360. The highest BCUT2D eigenvalue weighted by atomic mass is 16.5. The Morgan fingerprint density at radius 1 is 1.13 bits per heavy atom. The van der Waals surface area contributed by atoms with Crippen LogP contribution < -0.4 is 9.47 Å². The number of aromatic nitrogens is 1. The van der Waals surface area contributed by atoms with E-state index in [-0.39, 0.29) is 5.91 Å². The predicted octanol–water partition coefficient (Wildman–Crippen LogP) is 4.36. The number of carbonyl (C=O) groups is 1. The number of rotatable bonds is 8. The van der Waals surface area contributed by atoms with Crippen molar-refractivity contribution in [2.24, 2.45) is 0 Å². The number of fused-ring (bicyclic) bond motifs is 1. The third-order valence-corrected chi connectivity index (χ3v) is 5.78. The lowest BCUT2D eigenvalue weighted by Crippen LogP contribution is -2.30. The van der Waals surface area contributed by atoms with E-state index >= 15 is 0 Å². The maximum atomic E-state index is 12.8. The zero-order valence-electron chi connectivity index (χ0n) is 18.0. The summed E-state index contributed by atoms with van der Waals surface area (Å²) in [6.07, 6.45) is 11.7. The average Bonchev–Trinajstić information content (AvgIpc) is 2.98. The van der Waals surface area contributed by atoms with E-state index in [1.807, 2.05) is 18.3 Å². The highest BCUT2D eigenvalue weighted by molar-refractivity contribution is 5.98. The lowest BCUT2D eigenvalue weighted by atomic mass is 10.0. The standard InChI is InChI=1S/C25H29N3O3/c1-30-21-8-9-22-24(19-21)31-18-17-28(25(22)29)14-6-2-5-13-27-15-10-20(11-16-27)23-7-3-4-12-26-23/h3-4,7-10,12,17-19H,2,5-6,11,13-16H2,1H3. The number of pyridine rings is 1. The lowest BCUT2D eigenvalue weighted by molar-refractivity contribution is 0.0821. The van der Waals surface area contributed by atoms with Gasteiger partial charge in [0.05, 0.1) is 18.4 Å². The molecule has 0 fully saturated rings. The van der Waals surface area contributed by atoms with Crippen molar-refractivity contribution < 1.29 is 14.3 Å². The van der Waals surface area contributed by atoms with E-state index in [1.54, 1.807) is 42.7 Å². The minimum Gasteiger partial charge on any atom is -0.497 e. The monoisotopic (exact) mass is 419 g/mol. The second kappa shape index (κ2) is 10.3. The second-order valence-corrected chi connectivity index (χ2v) is 7.82. The molecular formula is C25H29N3O3. The molecule has 0 spiro atoms. The summed E-state index contributed by atoms with van der Waals surface area (Å²) in [5.41, 5.74) is 3.01. The van der Waals surface area contributed by atoms with E-state index < -0.39 is 0 Å². The SMILES string of the molecule is COc1ccc2c(c1)OC=CN(CCCCCN1CC=C(c3ccccn3)CC1)C2=O. The van der Waals surface area contributed by atoms with Crippen molar-refractivity contribution in [1.29, 1.82) is 0 Å². The van der Waals surface area contributed by atoms with Crippen LogP contribution in [0.15, 0.2) is 61.1 Å². The third-order valence-electron chi connectivity index (χ3n) is 5.78. The molecule has 0 saturated heterocycles. The highest BCUT2D eigenvalue weighted by Crippen LogP contribution is 2.28. The molecule has 1 amide bonds. The quantitative estimate of drug-likeness (QED) is 0.595. The summed E-state index contributed by atoms with van der Waals surface area (Å²) in [6, 6.07) is 11.4. The van der Waals surface area contributed by atoms with E-state index in [4.69, 9.17) is 9.47 Å². The Morgan fingerprint density at radius 3 is 2.81 bits per heavy atom. The van der Waals surface area contributed by atoms with Crippen LogP contribution in [0, 0.1) is 0 Å². The molecule has 31 heavy (non-hydrogen) atoms. The van der Waals surface area contributed by atoms with Gasteiger partial charge in [0.15, 0.2) is 0 Å². The first kappa shape index (κ1) is 21.1.